The summed E-state index contributed by atoms with van der Waals surface area (Å²) >= 11 is 0. The number of benzene rings is 1. The molecule has 5 rings (SSSR count). The SMILES string of the molecule is COc1cc2c3c4c1O[C@]1(OC)C[C@@]4(CC[C@@H]1O)C[C@@H]3N(C)CC2. The van der Waals surface area contributed by atoms with Gasteiger partial charge >= 0.3 is 0 Å². The maximum Gasteiger partial charge on any atom is 0.237 e. The van der Waals surface area contributed by atoms with Crippen LogP contribution < -0.4 is 9.47 Å². The van der Waals surface area contributed by atoms with Crippen LogP contribution in [0.2, 0.25) is 0 Å². The largest absolute Gasteiger partial charge is 0.493 e. The van der Waals surface area contributed by atoms with E-state index in [1.54, 1.807) is 14.2 Å². The van der Waals surface area contributed by atoms with Crippen LogP contribution in [0.5, 0.6) is 11.5 Å². The third-order valence-electron chi connectivity index (χ3n) is 6.91. The summed E-state index contributed by atoms with van der Waals surface area (Å²) in [5.74, 6) is 0.646. The van der Waals surface area contributed by atoms with E-state index in [9.17, 15) is 5.11 Å². The molecule has 24 heavy (non-hydrogen) atoms. The topological polar surface area (TPSA) is 51.2 Å². The normalized spacial score (nSPS) is 39.3. The lowest BCUT2D eigenvalue weighted by Gasteiger charge is -2.52. The zero-order valence-corrected chi connectivity index (χ0v) is 14.6. The summed E-state index contributed by atoms with van der Waals surface area (Å²) in [6.07, 6.45) is 3.98. The zero-order chi connectivity index (χ0) is 16.7. The Morgan fingerprint density at radius 2 is 2.21 bits per heavy atom. The molecule has 2 aliphatic carbocycles. The van der Waals surface area contributed by atoms with Crippen molar-refractivity contribution in [3.05, 3.63) is 22.8 Å². The van der Waals surface area contributed by atoms with Crippen LogP contribution in [0, 0.1) is 0 Å². The van der Waals surface area contributed by atoms with Gasteiger partial charge in [-0.25, -0.2) is 0 Å². The highest BCUT2D eigenvalue weighted by molar-refractivity contribution is 5.63. The number of aliphatic hydroxyl groups excluding tert-OH is 1. The van der Waals surface area contributed by atoms with Gasteiger partial charge in [0.05, 0.1) is 7.11 Å². The second kappa shape index (κ2) is 4.65. The summed E-state index contributed by atoms with van der Waals surface area (Å²) in [6, 6.07) is 2.59. The summed E-state index contributed by atoms with van der Waals surface area (Å²) in [5.41, 5.74) is 4.24. The van der Waals surface area contributed by atoms with Gasteiger partial charge in [0.15, 0.2) is 11.5 Å². The number of nitrogens with zero attached hydrogens (tertiary/aromatic N) is 1. The summed E-state index contributed by atoms with van der Waals surface area (Å²) in [4.78, 5) is 2.47. The first-order chi connectivity index (χ1) is 11.5. The molecular weight excluding hydrogens is 306 g/mol. The molecule has 1 fully saturated rings. The minimum Gasteiger partial charge on any atom is -0.493 e. The highest BCUT2D eigenvalue weighted by atomic mass is 16.7. The first kappa shape index (κ1) is 15.0. The second-order valence-corrected chi connectivity index (χ2v) is 7.94. The van der Waals surface area contributed by atoms with Crippen LogP contribution in [-0.4, -0.2) is 49.7 Å². The van der Waals surface area contributed by atoms with E-state index in [0.29, 0.717) is 6.04 Å². The summed E-state index contributed by atoms with van der Waals surface area (Å²) in [7, 11) is 5.56. The third kappa shape index (κ3) is 1.61. The van der Waals surface area contributed by atoms with E-state index < -0.39 is 11.9 Å². The Labute approximate surface area is 142 Å². The molecule has 130 valence electrons. The van der Waals surface area contributed by atoms with Crippen molar-refractivity contribution in [2.75, 3.05) is 27.8 Å². The molecule has 0 saturated heterocycles. The maximum atomic E-state index is 10.6. The number of hydrogen-bond donors (Lipinski definition) is 1. The Bertz CT molecular complexity index is 720. The van der Waals surface area contributed by atoms with Crippen LogP contribution in [0.25, 0.3) is 0 Å². The van der Waals surface area contributed by atoms with E-state index in [2.05, 4.69) is 18.0 Å². The highest BCUT2D eigenvalue weighted by Gasteiger charge is 2.62. The fourth-order valence-electron chi connectivity index (χ4n) is 5.70. The Morgan fingerprint density at radius 1 is 1.38 bits per heavy atom. The number of methoxy groups -OCH3 is 2. The Morgan fingerprint density at radius 3 is 2.96 bits per heavy atom. The lowest BCUT2D eigenvalue weighted by Crippen LogP contribution is -2.59. The quantitative estimate of drug-likeness (QED) is 0.900. The standard InChI is InChI=1S/C19H25NO4/c1-20-7-5-11-8-13(22-2)17-16-15(11)12(20)9-18(16)6-4-14(21)19(10-18,23-3)24-17/h8,12,14,21H,4-7,9-10H2,1-3H3/t12-,14-,18+,19+/m0/s1. The molecule has 4 aliphatic rings. The number of ether oxygens (including phenoxy) is 3. The molecule has 1 spiro atoms. The minimum absolute atomic E-state index is 0.0325. The van der Waals surface area contributed by atoms with Crippen LogP contribution in [0.4, 0.5) is 0 Å². The summed E-state index contributed by atoms with van der Waals surface area (Å²) < 4.78 is 17.8. The van der Waals surface area contributed by atoms with E-state index in [1.165, 1.54) is 16.7 Å². The average molecular weight is 331 g/mol. The van der Waals surface area contributed by atoms with Gasteiger partial charge in [0.2, 0.25) is 5.79 Å². The van der Waals surface area contributed by atoms with Gasteiger partial charge in [0.1, 0.15) is 6.10 Å². The smallest absolute Gasteiger partial charge is 0.237 e. The third-order valence-corrected chi connectivity index (χ3v) is 6.91. The van der Waals surface area contributed by atoms with Crippen molar-refractivity contribution in [2.24, 2.45) is 0 Å². The summed E-state index contributed by atoms with van der Waals surface area (Å²) in [5, 5.41) is 10.6. The van der Waals surface area contributed by atoms with Crippen LogP contribution in [-0.2, 0) is 16.6 Å². The van der Waals surface area contributed by atoms with Gasteiger partial charge < -0.3 is 19.3 Å². The van der Waals surface area contributed by atoms with Gasteiger partial charge in [-0.15, -0.1) is 0 Å². The predicted molar refractivity (Wildman–Crippen MR) is 88.6 cm³/mol. The lowest BCUT2D eigenvalue weighted by atomic mass is 9.65. The molecule has 1 aromatic carbocycles. The van der Waals surface area contributed by atoms with Crippen molar-refractivity contribution in [2.45, 2.75) is 55.5 Å². The molecule has 2 heterocycles. The summed E-state index contributed by atoms with van der Waals surface area (Å²) in [6.45, 7) is 1.08. The first-order valence-corrected chi connectivity index (χ1v) is 8.90. The van der Waals surface area contributed by atoms with Crippen LogP contribution >= 0.6 is 0 Å². The maximum absolute atomic E-state index is 10.6. The second-order valence-electron chi connectivity index (χ2n) is 7.94. The van der Waals surface area contributed by atoms with Crippen LogP contribution in [0.1, 0.15) is 48.4 Å². The number of likely N-dealkylation sites (N-methyl/N-ethyl adjacent to an activating group) is 1. The Hall–Kier alpha value is -1.30. The number of hydrogen-bond acceptors (Lipinski definition) is 5. The van der Waals surface area contributed by atoms with Gasteiger partial charge in [-0.05, 0) is 49.9 Å². The van der Waals surface area contributed by atoms with Crippen molar-refractivity contribution in [1.29, 1.82) is 0 Å². The predicted octanol–water partition coefficient (Wildman–Crippen LogP) is 2.15. The molecule has 2 aliphatic heterocycles. The zero-order valence-electron chi connectivity index (χ0n) is 14.6. The van der Waals surface area contributed by atoms with Gasteiger partial charge in [0.25, 0.3) is 0 Å². The Kier molecular flexibility index (Phi) is 2.91. The molecule has 0 aromatic heterocycles. The average Bonchev–Trinajstić information content (AvgIpc) is 2.94. The number of aliphatic hydroxyl groups is 1. The molecule has 1 N–H and O–H groups in total. The van der Waals surface area contributed by atoms with Crippen molar-refractivity contribution in [3.63, 3.8) is 0 Å². The fraction of sp³-hybridized carbons (Fsp3) is 0.684. The van der Waals surface area contributed by atoms with Crippen LogP contribution in [0.3, 0.4) is 0 Å². The molecule has 0 amide bonds. The number of fused-ring (bicyclic) bond motifs is 1. The van der Waals surface area contributed by atoms with Gasteiger partial charge in [0, 0.05) is 37.1 Å². The molecule has 0 unspecified atom stereocenters. The van der Waals surface area contributed by atoms with Crippen molar-refractivity contribution in [3.8, 4) is 11.5 Å². The molecule has 2 bridgehead atoms. The van der Waals surface area contributed by atoms with Gasteiger partial charge in [-0.1, -0.05) is 0 Å². The molecule has 5 heteroatoms. The van der Waals surface area contributed by atoms with Gasteiger partial charge in [-0.3, -0.25) is 4.90 Å². The molecule has 4 atom stereocenters. The van der Waals surface area contributed by atoms with Gasteiger partial charge in [-0.2, -0.15) is 0 Å². The van der Waals surface area contributed by atoms with E-state index in [1.807, 2.05) is 0 Å². The lowest BCUT2D eigenvalue weighted by molar-refractivity contribution is -0.260. The Balaban J connectivity index is 1.80. The molecule has 5 nitrogen and oxygen atoms in total. The highest BCUT2D eigenvalue weighted by Crippen LogP contribution is 2.65. The van der Waals surface area contributed by atoms with E-state index >= 15 is 0 Å². The van der Waals surface area contributed by atoms with Crippen molar-refractivity contribution >= 4 is 0 Å². The van der Waals surface area contributed by atoms with E-state index in [0.717, 1.165) is 50.1 Å². The van der Waals surface area contributed by atoms with E-state index in [-0.39, 0.29) is 5.41 Å². The minimum atomic E-state index is -0.946. The van der Waals surface area contributed by atoms with Crippen LogP contribution in [0.15, 0.2) is 6.07 Å². The fourth-order valence-corrected chi connectivity index (χ4v) is 5.70. The molecule has 0 radical (unpaired) electrons. The molecular formula is C19H25NO4. The molecule has 1 saturated carbocycles. The first-order valence-electron chi connectivity index (χ1n) is 8.90. The van der Waals surface area contributed by atoms with Crippen molar-refractivity contribution < 1.29 is 19.3 Å². The van der Waals surface area contributed by atoms with Crippen molar-refractivity contribution in [1.82, 2.24) is 4.90 Å². The molecule has 1 aromatic rings. The number of rotatable bonds is 2. The monoisotopic (exact) mass is 331 g/mol. The van der Waals surface area contributed by atoms with E-state index in [4.69, 9.17) is 14.2 Å².